The van der Waals surface area contributed by atoms with Crippen LogP contribution in [0.2, 0.25) is 0 Å². The quantitative estimate of drug-likeness (QED) is 0.0505. The van der Waals surface area contributed by atoms with E-state index in [1.54, 1.807) is 6.92 Å². The van der Waals surface area contributed by atoms with E-state index in [4.69, 9.17) is 4.74 Å². The van der Waals surface area contributed by atoms with Crippen molar-refractivity contribution >= 4 is 49.1 Å². The van der Waals surface area contributed by atoms with Gasteiger partial charge in [0, 0.05) is 11.0 Å². The lowest BCUT2D eigenvalue weighted by molar-refractivity contribution is -0.139. The fourth-order valence-corrected chi connectivity index (χ4v) is 10.6. The van der Waals surface area contributed by atoms with Crippen LogP contribution in [0, 0.1) is 0 Å². The Balaban J connectivity index is 1.06. The van der Waals surface area contributed by atoms with Crippen molar-refractivity contribution in [1.29, 1.82) is 0 Å². The molecule has 0 bridgehead atoms. The molecule has 290 valence electrons. The van der Waals surface area contributed by atoms with Crippen LogP contribution in [-0.2, 0) is 20.4 Å². The molecule has 2 nitrogen and oxygen atoms in total. The molecular weight excluding hydrogens is 729 g/mol. The van der Waals surface area contributed by atoms with Crippen molar-refractivity contribution in [3.05, 3.63) is 181 Å². The number of benzene rings is 9. The molecule has 2 aliphatic rings. The van der Waals surface area contributed by atoms with Gasteiger partial charge in [0.1, 0.15) is 0 Å². The molecule has 2 aliphatic carbocycles. The van der Waals surface area contributed by atoms with Gasteiger partial charge in [0.25, 0.3) is 0 Å². The Morgan fingerprint density at radius 1 is 0.583 bits per heavy atom. The maximum atomic E-state index is 12.5. The summed E-state index contributed by atoms with van der Waals surface area (Å²) in [7, 11) is 0. The Hall–Kier alpha value is -6.77. The zero-order valence-electron chi connectivity index (χ0n) is 34.7. The van der Waals surface area contributed by atoms with E-state index >= 15 is 0 Å². The lowest BCUT2D eigenvalue weighted by Gasteiger charge is -2.29. The van der Waals surface area contributed by atoms with Gasteiger partial charge in [0.15, 0.2) is 0 Å². The SMILES string of the molecule is C=CC1(CCCOC(=O)C(=C)C)c2cc(-c3ccc4c5c(cccc35)-c3ccccc3-4)ccc2-c2ccc(-c3ccc4ccc5cc(C(C)(C)C)cc6ccc3c4c56)cc21. The van der Waals surface area contributed by atoms with Crippen molar-refractivity contribution in [2.75, 3.05) is 6.61 Å². The fraction of sp³-hybridized carbons (Fsp3) is 0.155. The van der Waals surface area contributed by atoms with Gasteiger partial charge >= 0.3 is 5.97 Å². The highest BCUT2D eigenvalue weighted by Gasteiger charge is 2.41. The largest absolute Gasteiger partial charge is 0.462 e. The van der Waals surface area contributed by atoms with Gasteiger partial charge in [-0.3, -0.25) is 0 Å². The summed E-state index contributed by atoms with van der Waals surface area (Å²) < 4.78 is 5.68. The lowest BCUT2D eigenvalue weighted by Crippen LogP contribution is -2.23. The number of allylic oxidation sites excluding steroid dienone is 1. The number of hydrogen-bond acceptors (Lipinski definition) is 2. The molecule has 0 heterocycles. The summed E-state index contributed by atoms with van der Waals surface area (Å²) in [6.07, 6.45) is 3.56. The first-order chi connectivity index (χ1) is 29.1. The van der Waals surface area contributed by atoms with Crippen molar-refractivity contribution in [1.82, 2.24) is 0 Å². The van der Waals surface area contributed by atoms with Gasteiger partial charge in [-0.15, -0.1) is 6.58 Å². The van der Waals surface area contributed by atoms with Crippen molar-refractivity contribution in [3.63, 3.8) is 0 Å². The monoisotopic (exact) mass is 774 g/mol. The summed E-state index contributed by atoms with van der Waals surface area (Å²) in [6.45, 7) is 17.2. The Bertz CT molecular complexity index is 3270. The molecule has 9 aromatic carbocycles. The molecule has 0 amide bonds. The fourth-order valence-electron chi connectivity index (χ4n) is 10.6. The van der Waals surface area contributed by atoms with Crippen LogP contribution in [0.25, 0.3) is 98.7 Å². The van der Waals surface area contributed by atoms with E-state index in [1.807, 2.05) is 0 Å². The zero-order chi connectivity index (χ0) is 41.1. The first kappa shape index (κ1) is 36.3. The number of esters is 1. The average molecular weight is 775 g/mol. The maximum Gasteiger partial charge on any atom is 0.333 e. The summed E-state index contributed by atoms with van der Waals surface area (Å²) in [5.41, 5.74) is 16.2. The third kappa shape index (κ3) is 5.23. The minimum absolute atomic E-state index is 0.0599. The summed E-state index contributed by atoms with van der Waals surface area (Å²) in [6, 6.07) is 52.7. The van der Waals surface area contributed by atoms with E-state index in [0.29, 0.717) is 18.6 Å². The Labute approximate surface area is 351 Å². The van der Waals surface area contributed by atoms with Crippen LogP contribution in [0.3, 0.4) is 0 Å². The van der Waals surface area contributed by atoms with E-state index in [1.165, 1.54) is 115 Å². The Morgan fingerprint density at radius 3 is 1.75 bits per heavy atom. The van der Waals surface area contributed by atoms with Crippen LogP contribution in [0.4, 0.5) is 0 Å². The molecular formula is C58H46O2. The molecule has 0 aromatic heterocycles. The van der Waals surface area contributed by atoms with Crippen LogP contribution < -0.4 is 0 Å². The minimum atomic E-state index is -0.509. The number of fused-ring (bicyclic) bond motifs is 6. The summed E-state index contributed by atoms with van der Waals surface area (Å²) >= 11 is 0. The smallest absolute Gasteiger partial charge is 0.333 e. The molecule has 0 radical (unpaired) electrons. The first-order valence-corrected chi connectivity index (χ1v) is 21.2. The van der Waals surface area contributed by atoms with Crippen molar-refractivity contribution < 1.29 is 9.53 Å². The second-order valence-corrected chi connectivity index (χ2v) is 18.1. The Kier molecular flexibility index (Phi) is 7.94. The van der Waals surface area contributed by atoms with E-state index in [2.05, 4.69) is 180 Å². The highest BCUT2D eigenvalue weighted by atomic mass is 16.5. The summed E-state index contributed by atoms with van der Waals surface area (Å²) in [5, 5.41) is 10.3. The van der Waals surface area contributed by atoms with Crippen LogP contribution in [-0.4, -0.2) is 12.6 Å². The van der Waals surface area contributed by atoms with Gasteiger partial charge in [-0.2, -0.15) is 0 Å². The number of carbonyl (C=O) groups excluding carboxylic acids is 1. The molecule has 0 N–H and O–H groups in total. The summed E-state index contributed by atoms with van der Waals surface area (Å²) in [5.74, 6) is -0.350. The Morgan fingerprint density at radius 2 is 1.12 bits per heavy atom. The third-order valence-corrected chi connectivity index (χ3v) is 13.6. The molecule has 0 saturated heterocycles. The maximum absolute atomic E-state index is 12.5. The van der Waals surface area contributed by atoms with E-state index in [9.17, 15) is 4.79 Å². The molecule has 9 aromatic rings. The average Bonchev–Trinajstić information content (AvgIpc) is 3.73. The van der Waals surface area contributed by atoms with Gasteiger partial charge in [-0.1, -0.05) is 161 Å². The number of carbonyl (C=O) groups is 1. The second-order valence-electron chi connectivity index (χ2n) is 18.1. The predicted molar refractivity (Wildman–Crippen MR) is 253 cm³/mol. The molecule has 11 rings (SSSR count). The van der Waals surface area contributed by atoms with Crippen LogP contribution in [0.15, 0.2) is 164 Å². The van der Waals surface area contributed by atoms with Crippen LogP contribution in [0.1, 0.15) is 57.2 Å². The van der Waals surface area contributed by atoms with E-state index in [-0.39, 0.29) is 11.4 Å². The number of rotatable bonds is 8. The van der Waals surface area contributed by atoms with Gasteiger partial charge in [0.05, 0.1) is 6.61 Å². The molecule has 0 fully saturated rings. The molecule has 2 heteroatoms. The molecule has 1 atom stereocenters. The molecule has 1 unspecified atom stereocenters. The second kappa shape index (κ2) is 13.1. The standard InChI is InChI=1S/C58H46O2/c1-7-58(28-11-29-60-56(59)34(2)3)51-32-36(41-22-18-35-16-17-38-30-40(57(4,5)6)31-39-21-25-49(41)54(35)53(38)39)19-23-45(51)46-24-20-37(33-52(46)58)42-26-27-50-44-13-9-8-12-43(44)48-15-10-14-47(42)55(48)50/h7-10,12-27,30-33H,1-2,11,28-29H2,3-6H3. The van der Waals surface area contributed by atoms with Crippen LogP contribution in [0.5, 0.6) is 0 Å². The number of hydrogen-bond donors (Lipinski definition) is 0. The van der Waals surface area contributed by atoms with Crippen molar-refractivity contribution in [2.24, 2.45) is 0 Å². The van der Waals surface area contributed by atoms with Gasteiger partial charge < -0.3 is 4.74 Å². The molecule has 0 saturated carbocycles. The van der Waals surface area contributed by atoms with Gasteiger partial charge in [-0.25, -0.2) is 4.79 Å². The molecule has 60 heavy (non-hydrogen) atoms. The van der Waals surface area contributed by atoms with E-state index < -0.39 is 5.41 Å². The van der Waals surface area contributed by atoms with E-state index in [0.717, 1.165) is 6.42 Å². The first-order valence-electron chi connectivity index (χ1n) is 21.2. The normalized spacial score (nSPS) is 15.1. The molecule has 0 spiro atoms. The summed E-state index contributed by atoms with van der Waals surface area (Å²) in [4.78, 5) is 12.5. The zero-order valence-corrected chi connectivity index (χ0v) is 34.7. The minimum Gasteiger partial charge on any atom is -0.462 e. The van der Waals surface area contributed by atoms with Gasteiger partial charge in [-0.05, 0) is 153 Å². The van der Waals surface area contributed by atoms with Crippen LogP contribution >= 0.6 is 0 Å². The molecule has 0 aliphatic heterocycles. The highest BCUT2D eigenvalue weighted by molar-refractivity contribution is 6.26. The predicted octanol–water partition coefficient (Wildman–Crippen LogP) is 15.4. The number of ether oxygens (including phenoxy) is 1. The third-order valence-electron chi connectivity index (χ3n) is 13.6. The highest BCUT2D eigenvalue weighted by Crippen LogP contribution is 2.55. The van der Waals surface area contributed by atoms with Crippen molar-refractivity contribution in [2.45, 2.75) is 51.4 Å². The van der Waals surface area contributed by atoms with Crippen molar-refractivity contribution in [3.8, 4) is 55.6 Å². The van der Waals surface area contributed by atoms with Gasteiger partial charge in [0.2, 0.25) is 0 Å². The lowest BCUT2D eigenvalue weighted by atomic mass is 9.73. The topological polar surface area (TPSA) is 26.3 Å².